The molecule has 0 amide bonds. The van der Waals surface area contributed by atoms with E-state index in [9.17, 15) is 8.42 Å². The second-order valence-corrected chi connectivity index (χ2v) is 8.87. The maximum absolute atomic E-state index is 12.1. The molecule has 3 aromatic rings. The number of H-pyrrole nitrogens is 1. The van der Waals surface area contributed by atoms with E-state index in [1.165, 1.54) is 0 Å². The third-order valence-electron chi connectivity index (χ3n) is 4.00. The van der Waals surface area contributed by atoms with Gasteiger partial charge in [-0.05, 0) is 43.2 Å². The van der Waals surface area contributed by atoms with E-state index in [4.69, 9.17) is 4.74 Å². The Bertz CT molecular complexity index is 950. The number of nitrogens with zero attached hydrogens (tertiary/aromatic N) is 2. The summed E-state index contributed by atoms with van der Waals surface area (Å²) >= 11 is 0. The molecule has 0 bridgehead atoms. The highest BCUT2D eigenvalue weighted by atomic mass is 32.2. The Morgan fingerprint density at radius 3 is 2.58 bits per heavy atom. The lowest BCUT2D eigenvalue weighted by Gasteiger charge is -2.10. The highest BCUT2D eigenvalue weighted by molar-refractivity contribution is 7.91. The number of aromatic amines is 1. The molecule has 0 fully saturated rings. The van der Waals surface area contributed by atoms with Gasteiger partial charge in [-0.15, -0.1) is 0 Å². The van der Waals surface area contributed by atoms with Crippen LogP contribution in [0.4, 0.5) is 0 Å². The first-order valence-corrected chi connectivity index (χ1v) is 10.0. The molecule has 0 atom stereocenters. The number of aromatic nitrogens is 3. The Hall–Kier alpha value is -2.67. The van der Waals surface area contributed by atoms with Gasteiger partial charge in [0.1, 0.15) is 12.4 Å². The molecule has 0 saturated carbocycles. The molecule has 0 radical (unpaired) electrons. The van der Waals surface area contributed by atoms with Gasteiger partial charge in [0, 0.05) is 6.20 Å². The zero-order valence-corrected chi connectivity index (χ0v) is 15.5. The van der Waals surface area contributed by atoms with Crippen molar-refractivity contribution < 1.29 is 13.2 Å². The molecule has 26 heavy (non-hydrogen) atoms. The summed E-state index contributed by atoms with van der Waals surface area (Å²) in [5.74, 6) is 0.687. The van der Waals surface area contributed by atoms with Gasteiger partial charge in [0.05, 0.1) is 28.6 Å². The lowest BCUT2D eigenvalue weighted by molar-refractivity contribution is 0.305. The molecule has 2 heterocycles. The number of hydrogen-bond acceptors (Lipinski definition) is 5. The van der Waals surface area contributed by atoms with E-state index in [-0.39, 0.29) is 11.0 Å². The van der Waals surface area contributed by atoms with E-state index < -0.39 is 9.84 Å². The van der Waals surface area contributed by atoms with Crippen molar-refractivity contribution in [1.82, 2.24) is 15.2 Å². The summed E-state index contributed by atoms with van der Waals surface area (Å²) in [6.45, 7) is 3.74. The van der Waals surface area contributed by atoms with E-state index in [0.717, 1.165) is 22.5 Å². The van der Waals surface area contributed by atoms with E-state index in [2.05, 4.69) is 15.2 Å². The molecule has 0 aliphatic carbocycles. The Morgan fingerprint density at radius 1 is 1.12 bits per heavy atom. The van der Waals surface area contributed by atoms with Crippen LogP contribution in [0.25, 0.3) is 11.4 Å². The summed E-state index contributed by atoms with van der Waals surface area (Å²) in [5.41, 5.74) is 3.32. The van der Waals surface area contributed by atoms with Crippen LogP contribution < -0.4 is 4.74 Å². The molecule has 1 aromatic carbocycles. The first-order chi connectivity index (χ1) is 12.4. The first-order valence-electron chi connectivity index (χ1n) is 8.32. The summed E-state index contributed by atoms with van der Waals surface area (Å²) in [6.07, 6.45) is 3.33. The highest BCUT2D eigenvalue weighted by Gasteiger charge is 2.16. The molecule has 0 aliphatic rings. The van der Waals surface area contributed by atoms with Crippen LogP contribution in [0.1, 0.15) is 25.0 Å². The number of sulfone groups is 1. The van der Waals surface area contributed by atoms with E-state index >= 15 is 0 Å². The minimum atomic E-state index is -3.12. The van der Waals surface area contributed by atoms with E-state index in [1.807, 2.05) is 42.5 Å². The number of hydrogen-bond donors (Lipinski definition) is 1. The molecule has 0 saturated heterocycles. The van der Waals surface area contributed by atoms with Crippen LogP contribution in [-0.4, -0.2) is 28.8 Å². The summed E-state index contributed by atoms with van der Waals surface area (Å²) in [5, 5.41) is 6.38. The van der Waals surface area contributed by atoms with Crippen LogP contribution in [0, 0.1) is 0 Å². The summed E-state index contributed by atoms with van der Waals surface area (Å²) in [6, 6.07) is 13.0. The summed E-state index contributed by atoms with van der Waals surface area (Å²) < 4.78 is 29.9. The molecular weight excluding hydrogens is 350 g/mol. The fraction of sp³-hybridized carbons (Fsp3) is 0.263. The lowest BCUT2D eigenvalue weighted by atomic mass is 10.1. The van der Waals surface area contributed by atoms with Crippen molar-refractivity contribution in [2.45, 2.75) is 31.5 Å². The van der Waals surface area contributed by atoms with Crippen LogP contribution in [-0.2, 0) is 22.2 Å². The quantitative estimate of drug-likeness (QED) is 0.688. The van der Waals surface area contributed by atoms with Crippen molar-refractivity contribution in [3.05, 3.63) is 66.0 Å². The molecule has 1 N–H and O–H groups in total. The third-order valence-corrected chi connectivity index (χ3v) is 6.17. The maximum Gasteiger partial charge on any atom is 0.156 e. The standard InChI is InChI=1S/C19H21N3O3S/c1-14(2)26(23,24)13-16-5-3-4-15(10-16)12-25-17-6-7-18(20-11-17)19-8-9-21-22-19/h3-11,14H,12-13H2,1-2H3,(H,21,22). The minimum absolute atomic E-state index is 0.0406. The molecule has 0 aliphatic heterocycles. The number of ether oxygens (including phenoxy) is 1. The van der Waals surface area contributed by atoms with Gasteiger partial charge in [0.25, 0.3) is 0 Å². The zero-order valence-electron chi connectivity index (χ0n) is 14.7. The monoisotopic (exact) mass is 371 g/mol. The van der Waals surface area contributed by atoms with Crippen molar-refractivity contribution in [3.63, 3.8) is 0 Å². The second-order valence-electron chi connectivity index (χ2n) is 6.31. The smallest absolute Gasteiger partial charge is 0.156 e. The second kappa shape index (κ2) is 7.70. The third kappa shape index (κ3) is 4.49. The van der Waals surface area contributed by atoms with Crippen molar-refractivity contribution in [3.8, 4) is 17.1 Å². The van der Waals surface area contributed by atoms with Crippen LogP contribution in [0.15, 0.2) is 54.9 Å². The van der Waals surface area contributed by atoms with E-state index in [0.29, 0.717) is 12.4 Å². The van der Waals surface area contributed by atoms with Crippen molar-refractivity contribution >= 4 is 9.84 Å². The fourth-order valence-electron chi connectivity index (χ4n) is 2.40. The van der Waals surface area contributed by atoms with Crippen LogP contribution in [0.5, 0.6) is 5.75 Å². The van der Waals surface area contributed by atoms with Gasteiger partial charge in [-0.3, -0.25) is 10.1 Å². The van der Waals surface area contributed by atoms with Crippen LogP contribution >= 0.6 is 0 Å². The Labute approximate surface area is 153 Å². The fourth-order valence-corrected chi connectivity index (χ4v) is 3.38. The van der Waals surface area contributed by atoms with Crippen LogP contribution in [0.3, 0.4) is 0 Å². The largest absolute Gasteiger partial charge is 0.487 e. The Balaban J connectivity index is 1.64. The van der Waals surface area contributed by atoms with Gasteiger partial charge >= 0.3 is 0 Å². The van der Waals surface area contributed by atoms with Gasteiger partial charge in [0.2, 0.25) is 0 Å². The number of benzene rings is 1. The van der Waals surface area contributed by atoms with Gasteiger partial charge in [-0.2, -0.15) is 5.10 Å². The average Bonchev–Trinajstić information content (AvgIpc) is 3.15. The molecule has 0 unspecified atom stereocenters. The first kappa shape index (κ1) is 18.1. The number of rotatable bonds is 7. The topological polar surface area (TPSA) is 84.9 Å². The van der Waals surface area contributed by atoms with Crippen LogP contribution in [0.2, 0.25) is 0 Å². The highest BCUT2D eigenvalue weighted by Crippen LogP contribution is 2.19. The molecule has 6 nitrogen and oxygen atoms in total. The predicted octanol–water partition coefficient (Wildman–Crippen LogP) is 3.37. The SMILES string of the molecule is CC(C)S(=O)(=O)Cc1cccc(COc2ccc(-c3ccn[nH]3)nc2)c1. The normalized spacial score (nSPS) is 11.7. The van der Waals surface area contributed by atoms with Crippen molar-refractivity contribution in [2.75, 3.05) is 0 Å². The Kier molecular flexibility index (Phi) is 5.37. The summed E-state index contributed by atoms with van der Waals surface area (Å²) in [4.78, 5) is 4.34. The molecule has 3 rings (SSSR count). The molecule has 136 valence electrons. The predicted molar refractivity (Wildman–Crippen MR) is 100 cm³/mol. The van der Waals surface area contributed by atoms with E-state index in [1.54, 1.807) is 26.2 Å². The zero-order chi connectivity index (χ0) is 18.6. The van der Waals surface area contributed by atoms with Gasteiger partial charge in [-0.1, -0.05) is 24.3 Å². The lowest BCUT2D eigenvalue weighted by Crippen LogP contribution is -2.16. The molecule has 2 aromatic heterocycles. The molecule has 0 spiro atoms. The minimum Gasteiger partial charge on any atom is -0.487 e. The number of pyridine rings is 1. The molecule has 7 heteroatoms. The van der Waals surface area contributed by atoms with Crippen molar-refractivity contribution in [2.24, 2.45) is 0 Å². The Morgan fingerprint density at radius 2 is 1.92 bits per heavy atom. The average molecular weight is 371 g/mol. The van der Waals surface area contributed by atoms with Crippen molar-refractivity contribution in [1.29, 1.82) is 0 Å². The maximum atomic E-state index is 12.1. The number of nitrogens with one attached hydrogen (secondary N) is 1. The molecular formula is C19H21N3O3S. The van der Waals surface area contributed by atoms with Gasteiger partial charge < -0.3 is 4.74 Å². The van der Waals surface area contributed by atoms with Gasteiger partial charge in [0.15, 0.2) is 9.84 Å². The van der Waals surface area contributed by atoms with Gasteiger partial charge in [-0.25, -0.2) is 8.42 Å². The summed E-state index contributed by atoms with van der Waals surface area (Å²) in [7, 11) is -3.12.